The van der Waals surface area contributed by atoms with Crippen LogP contribution >= 0.6 is 12.4 Å². The normalized spacial score (nSPS) is 27.7. The van der Waals surface area contributed by atoms with E-state index in [-0.39, 0.29) is 25.4 Å². The molecule has 2 aliphatic rings. The summed E-state index contributed by atoms with van der Waals surface area (Å²) in [5.74, 6) is -4.63. The average Bonchev–Trinajstić information content (AvgIpc) is 2.84. The molecule has 2 fully saturated rings. The molecule has 22 heavy (non-hydrogen) atoms. The minimum Gasteiger partial charge on any atom is -0.343 e. The Bertz CT molecular complexity index is 446. The first kappa shape index (κ1) is 18.9. The number of hydrogen-bond acceptors (Lipinski definition) is 3. The van der Waals surface area contributed by atoms with Crippen molar-refractivity contribution in [1.82, 2.24) is 15.5 Å². The van der Waals surface area contributed by atoms with Gasteiger partial charge in [0.15, 0.2) is 0 Å². The topological polar surface area (TPSA) is 61.4 Å². The zero-order valence-corrected chi connectivity index (χ0v) is 12.1. The van der Waals surface area contributed by atoms with Crippen molar-refractivity contribution in [3.05, 3.63) is 0 Å². The van der Waals surface area contributed by atoms with Crippen LogP contribution in [0.2, 0.25) is 0 Å². The third-order valence-corrected chi connectivity index (χ3v) is 3.41. The highest BCUT2D eigenvalue weighted by Gasteiger charge is 2.44. The zero-order valence-electron chi connectivity index (χ0n) is 11.3. The molecular formula is C11H15ClF5N3O2. The Balaban J connectivity index is 0.00000242. The molecule has 2 heterocycles. The van der Waals surface area contributed by atoms with Gasteiger partial charge >= 0.3 is 6.18 Å². The maximum atomic E-state index is 13.0. The lowest BCUT2D eigenvalue weighted by atomic mass is 10.1. The maximum absolute atomic E-state index is 13.0. The largest absolute Gasteiger partial charge is 0.406 e. The molecular weight excluding hydrogens is 337 g/mol. The molecule has 128 valence electrons. The van der Waals surface area contributed by atoms with Gasteiger partial charge in [-0.2, -0.15) is 13.2 Å². The van der Waals surface area contributed by atoms with Gasteiger partial charge in [-0.15, -0.1) is 12.4 Å². The Morgan fingerprint density at radius 1 is 1.41 bits per heavy atom. The smallest absolute Gasteiger partial charge is 0.343 e. The van der Waals surface area contributed by atoms with Crippen LogP contribution in [0.15, 0.2) is 0 Å². The maximum Gasteiger partial charge on any atom is 0.406 e. The van der Waals surface area contributed by atoms with Gasteiger partial charge in [0.05, 0.1) is 12.6 Å². The van der Waals surface area contributed by atoms with Crippen LogP contribution in [-0.4, -0.2) is 60.5 Å². The third kappa shape index (κ3) is 4.67. The molecule has 0 aromatic rings. The second-order valence-electron chi connectivity index (χ2n) is 5.22. The quantitative estimate of drug-likeness (QED) is 0.735. The van der Waals surface area contributed by atoms with Crippen molar-refractivity contribution in [1.29, 1.82) is 0 Å². The fourth-order valence-corrected chi connectivity index (χ4v) is 2.42. The van der Waals surface area contributed by atoms with Crippen LogP contribution < -0.4 is 10.6 Å². The third-order valence-electron chi connectivity index (χ3n) is 3.41. The molecule has 2 amide bonds. The first-order valence-electron chi connectivity index (χ1n) is 6.34. The van der Waals surface area contributed by atoms with E-state index in [9.17, 15) is 31.5 Å². The lowest BCUT2D eigenvalue weighted by molar-refractivity contribution is -0.158. The second-order valence-corrected chi connectivity index (χ2v) is 5.22. The standard InChI is InChI=1S/C11H14F5N3O2.ClH/c12-10(13)3-7(17-4-10)8(20)18-6-1-2-19(9(6)21)5-11(14,15)16;/h6-7,17H,1-5H2,(H,18,20);1H. The highest BCUT2D eigenvalue weighted by Crippen LogP contribution is 2.26. The Labute approximate surface area is 129 Å². The van der Waals surface area contributed by atoms with E-state index in [0.717, 1.165) is 0 Å². The summed E-state index contributed by atoms with van der Waals surface area (Å²) in [7, 11) is 0. The van der Waals surface area contributed by atoms with Gasteiger partial charge in [0.2, 0.25) is 11.8 Å². The van der Waals surface area contributed by atoms with Crippen LogP contribution in [-0.2, 0) is 9.59 Å². The van der Waals surface area contributed by atoms with Crippen molar-refractivity contribution in [2.24, 2.45) is 0 Å². The average molecular weight is 352 g/mol. The summed E-state index contributed by atoms with van der Waals surface area (Å²) < 4.78 is 62.6. The van der Waals surface area contributed by atoms with Crippen molar-refractivity contribution < 1.29 is 31.5 Å². The number of carbonyl (C=O) groups excluding carboxylic acids is 2. The fourth-order valence-electron chi connectivity index (χ4n) is 2.42. The molecule has 2 atom stereocenters. The van der Waals surface area contributed by atoms with Crippen LogP contribution in [0.25, 0.3) is 0 Å². The van der Waals surface area contributed by atoms with Gasteiger partial charge in [-0.3, -0.25) is 14.9 Å². The Morgan fingerprint density at radius 3 is 2.55 bits per heavy atom. The lowest BCUT2D eigenvalue weighted by Crippen LogP contribution is -2.49. The molecule has 2 rings (SSSR count). The SMILES string of the molecule is Cl.O=C(NC1CCN(CC(F)(F)F)C1=O)C1CC(F)(F)CN1. The van der Waals surface area contributed by atoms with E-state index >= 15 is 0 Å². The number of rotatable bonds is 3. The van der Waals surface area contributed by atoms with Crippen molar-refractivity contribution in [3.63, 3.8) is 0 Å². The molecule has 2 saturated heterocycles. The molecule has 0 aliphatic carbocycles. The minimum absolute atomic E-state index is 0. The molecule has 0 saturated carbocycles. The first-order chi connectivity index (χ1) is 9.57. The van der Waals surface area contributed by atoms with Crippen LogP contribution in [0.3, 0.4) is 0 Å². The number of hydrogen-bond donors (Lipinski definition) is 2. The van der Waals surface area contributed by atoms with Gasteiger partial charge in [-0.05, 0) is 6.42 Å². The number of amides is 2. The Hall–Kier alpha value is -1.16. The van der Waals surface area contributed by atoms with Crippen molar-refractivity contribution in [2.45, 2.75) is 37.0 Å². The number of alkyl halides is 5. The second kappa shape index (κ2) is 6.53. The number of likely N-dealkylation sites (tertiary alicyclic amines) is 1. The summed E-state index contributed by atoms with van der Waals surface area (Å²) in [6, 6.07) is -2.22. The summed E-state index contributed by atoms with van der Waals surface area (Å²) >= 11 is 0. The number of halogens is 6. The van der Waals surface area contributed by atoms with E-state index < -0.39 is 55.5 Å². The van der Waals surface area contributed by atoms with Gasteiger partial charge < -0.3 is 10.2 Å². The van der Waals surface area contributed by atoms with Crippen LogP contribution in [0.5, 0.6) is 0 Å². The molecule has 11 heteroatoms. The van der Waals surface area contributed by atoms with E-state index in [0.29, 0.717) is 4.90 Å². The molecule has 0 aromatic heterocycles. The molecule has 2 unspecified atom stereocenters. The molecule has 0 bridgehead atoms. The summed E-state index contributed by atoms with van der Waals surface area (Å²) in [6.45, 7) is -2.14. The van der Waals surface area contributed by atoms with Crippen molar-refractivity contribution in [3.8, 4) is 0 Å². The van der Waals surface area contributed by atoms with Gasteiger partial charge in [0, 0.05) is 13.0 Å². The zero-order chi connectivity index (χ0) is 15.8. The Morgan fingerprint density at radius 2 is 2.05 bits per heavy atom. The van der Waals surface area contributed by atoms with E-state index in [1.807, 2.05) is 0 Å². The van der Waals surface area contributed by atoms with Crippen molar-refractivity contribution in [2.75, 3.05) is 19.6 Å². The van der Waals surface area contributed by atoms with Gasteiger partial charge in [-0.1, -0.05) is 0 Å². The molecule has 5 nitrogen and oxygen atoms in total. The van der Waals surface area contributed by atoms with E-state index in [4.69, 9.17) is 0 Å². The summed E-state index contributed by atoms with van der Waals surface area (Å²) in [4.78, 5) is 24.0. The summed E-state index contributed by atoms with van der Waals surface area (Å²) in [5, 5.41) is 4.55. The lowest BCUT2D eigenvalue weighted by Gasteiger charge is -2.19. The van der Waals surface area contributed by atoms with Gasteiger partial charge in [0.1, 0.15) is 12.6 Å². The fraction of sp³-hybridized carbons (Fsp3) is 0.818. The van der Waals surface area contributed by atoms with Gasteiger partial charge in [-0.25, -0.2) is 8.78 Å². The van der Waals surface area contributed by atoms with Crippen LogP contribution in [0.1, 0.15) is 12.8 Å². The van der Waals surface area contributed by atoms with E-state index in [2.05, 4.69) is 10.6 Å². The first-order valence-corrected chi connectivity index (χ1v) is 6.34. The van der Waals surface area contributed by atoms with Gasteiger partial charge in [0.25, 0.3) is 5.92 Å². The predicted molar refractivity (Wildman–Crippen MR) is 67.8 cm³/mol. The van der Waals surface area contributed by atoms with E-state index in [1.165, 1.54) is 0 Å². The minimum atomic E-state index is -4.51. The highest BCUT2D eigenvalue weighted by molar-refractivity contribution is 5.91. The van der Waals surface area contributed by atoms with Crippen LogP contribution in [0, 0.1) is 0 Å². The molecule has 2 N–H and O–H groups in total. The summed E-state index contributed by atoms with van der Waals surface area (Å²) in [5.41, 5.74) is 0. The highest BCUT2D eigenvalue weighted by atomic mass is 35.5. The molecule has 0 spiro atoms. The van der Waals surface area contributed by atoms with Crippen molar-refractivity contribution >= 4 is 24.2 Å². The van der Waals surface area contributed by atoms with E-state index in [1.54, 1.807) is 0 Å². The summed E-state index contributed by atoms with van der Waals surface area (Å²) in [6.07, 6.45) is -5.17. The Kier molecular flexibility index (Phi) is 5.61. The number of carbonyl (C=O) groups is 2. The monoisotopic (exact) mass is 351 g/mol. The molecule has 0 radical (unpaired) electrons. The molecule has 0 aromatic carbocycles. The van der Waals surface area contributed by atoms with Crippen LogP contribution in [0.4, 0.5) is 22.0 Å². The predicted octanol–water partition coefficient (Wildman–Crippen LogP) is 0.685. The molecule has 2 aliphatic heterocycles. The number of nitrogens with zero attached hydrogens (tertiary/aromatic N) is 1. The number of nitrogens with one attached hydrogen (secondary N) is 2.